The van der Waals surface area contributed by atoms with Crippen molar-refractivity contribution in [3.63, 3.8) is 0 Å². The van der Waals surface area contributed by atoms with E-state index in [0.717, 1.165) is 37.6 Å². The Labute approximate surface area is 120 Å². The molecule has 0 radical (unpaired) electrons. The van der Waals surface area contributed by atoms with Gasteiger partial charge in [-0.1, -0.05) is 0 Å². The summed E-state index contributed by atoms with van der Waals surface area (Å²) in [6.45, 7) is 8.53. The van der Waals surface area contributed by atoms with Gasteiger partial charge in [-0.2, -0.15) is 0 Å². The zero-order chi connectivity index (χ0) is 13.9. The maximum atomic E-state index is 5.97. The third-order valence-electron chi connectivity index (χ3n) is 2.78. The molecule has 0 amide bonds. The number of alkyl halides is 1. The second kappa shape index (κ2) is 10.0. The molecule has 0 saturated heterocycles. The van der Waals surface area contributed by atoms with Crippen molar-refractivity contribution < 1.29 is 9.47 Å². The van der Waals surface area contributed by atoms with E-state index in [9.17, 15) is 0 Å². The van der Waals surface area contributed by atoms with Crippen LogP contribution in [0.3, 0.4) is 0 Å². The van der Waals surface area contributed by atoms with Crippen molar-refractivity contribution in [1.82, 2.24) is 4.98 Å². The maximum absolute atomic E-state index is 5.97. The molecule has 0 aliphatic rings. The summed E-state index contributed by atoms with van der Waals surface area (Å²) in [5, 5.41) is 0. The first kappa shape index (κ1) is 16.2. The van der Waals surface area contributed by atoms with Gasteiger partial charge in [-0.05, 0) is 19.9 Å². The molecule has 1 rings (SSSR count). The molecule has 0 N–H and O–H groups in total. The summed E-state index contributed by atoms with van der Waals surface area (Å²) in [5.41, 5.74) is 2.15. The van der Waals surface area contributed by atoms with E-state index in [2.05, 4.69) is 9.88 Å². The molecule has 0 spiro atoms. The number of ether oxygens (including phenoxy) is 2. The lowest BCUT2D eigenvalue weighted by atomic mass is 10.2. The van der Waals surface area contributed by atoms with E-state index in [1.54, 1.807) is 6.20 Å². The lowest BCUT2D eigenvalue weighted by Crippen LogP contribution is -2.31. The molecule has 0 atom stereocenters. The normalized spacial score (nSPS) is 10.7. The van der Waals surface area contributed by atoms with E-state index in [1.165, 1.54) is 0 Å². The predicted molar refractivity (Wildman–Crippen MR) is 79.0 cm³/mol. The van der Waals surface area contributed by atoms with Crippen LogP contribution in [-0.4, -0.2) is 44.5 Å². The zero-order valence-electron chi connectivity index (χ0n) is 11.8. The summed E-state index contributed by atoms with van der Waals surface area (Å²) in [5.74, 6) is 0.461. The van der Waals surface area contributed by atoms with Gasteiger partial charge in [0.05, 0.1) is 19.1 Å². The molecule has 108 valence electrons. The lowest BCUT2D eigenvalue weighted by molar-refractivity contribution is 0.141. The number of pyridine rings is 1. The summed E-state index contributed by atoms with van der Waals surface area (Å²) in [4.78, 5) is 6.36. The van der Waals surface area contributed by atoms with Crippen LogP contribution in [0.5, 0.6) is 0 Å². The lowest BCUT2D eigenvalue weighted by Gasteiger charge is -2.26. The van der Waals surface area contributed by atoms with Crippen molar-refractivity contribution in [3.05, 3.63) is 24.0 Å². The van der Waals surface area contributed by atoms with Crippen LogP contribution in [0.1, 0.15) is 19.4 Å². The Hall–Kier alpha value is -0.840. The number of aromatic nitrogens is 1. The quantitative estimate of drug-likeness (QED) is 0.489. The molecule has 0 aliphatic heterocycles. The standard InChI is InChI=1S/C14H23ClN2O2/c1-3-18-9-7-17(8-10-19-4-2)14-5-6-16-12-13(14)11-15/h5-6,12H,3-4,7-11H2,1-2H3. The number of rotatable bonds is 10. The average molecular weight is 287 g/mol. The number of nitrogens with zero attached hydrogens (tertiary/aromatic N) is 2. The zero-order valence-corrected chi connectivity index (χ0v) is 12.5. The van der Waals surface area contributed by atoms with Crippen LogP contribution >= 0.6 is 11.6 Å². The molecule has 0 bridgehead atoms. The third kappa shape index (κ3) is 5.76. The summed E-state index contributed by atoms with van der Waals surface area (Å²) in [6.07, 6.45) is 3.61. The van der Waals surface area contributed by atoms with Crippen molar-refractivity contribution in [2.75, 3.05) is 44.4 Å². The van der Waals surface area contributed by atoms with Crippen molar-refractivity contribution in [3.8, 4) is 0 Å². The number of hydrogen-bond acceptors (Lipinski definition) is 4. The minimum Gasteiger partial charge on any atom is -0.380 e. The summed E-state index contributed by atoms with van der Waals surface area (Å²) >= 11 is 5.97. The average Bonchev–Trinajstić information content (AvgIpc) is 2.46. The minimum absolute atomic E-state index is 0.461. The van der Waals surface area contributed by atoms with Crippen molar-refractivity contribution in [2.45, 2.75) is 19.7 Å². The molecule has 1 aromatic heterocycles. The van der Waals surface area contributed by atoms with Crippen LogP contribution in [0, 0.1) is 0 Å². The van der Waals surface area contributed by atoms with Crippen molar-refractivity contribution >= 4 is 17.3 Å². The smallest absolute Gasteiger partial charge is 0.0641 e. The molecule has 5 heteroatoms. The Morgan fingerprint density at radius 2 is 1.79 bits per heavy atom. The van der Waals surface area contributed by atoms with E-state index < -0.39 is 0 Å². The third-order valence-corrected chi connectivity index (χ3v) is 3.07. The second-order valence-corrected chi connectivity index (χ2v) is 4.29. The SMILES string of the molecule is CCOCCN(CCOCC)c1ccncc1CCl. The number of halogens is 1. The fourth-order valence-electron chi connectivity index (χ4n) is 1.82. The molecule has 19 heavy (non-hydrogen) atoms. The first-order chi connectivity index (χ1) is 9.33. The van der Waals surface area contributed by atoms with Crippen molar-refractivity contribution in [1.29, 1.82) is 0 Å². The minimum atomic E-state index is 0.461. The number of hydrogen-bond donors (Lipinski definition) is 0. The molecule has 0 aromatic carbocycles. The Morgan fingerprint density at radius 3 is 2.32 bits per heavy atom. The van der Waals surface area contributed by atoms with Gasteiger partial charge < -0.3 is 14.4 Å². The van der Waals surface area contributed by atoms with E-state index in [-0.39, 0.29) is 0 Å². The summed E-state index contributed by atoms with van der Waals surface area (Å²) in [7, 11) is 0. The van der Waals surface area contributed by atoms with E-state index in [1.807, 2.05) is 26.1 Å². The maximum Gasteiger partial charge on any atom is 0.0641 e. The second-order valence-electron chi connectivity index (χ2n) is 4.02. The van der Waals surface area contributed by atoms with Crippen LogP contribution in [-0.2, 0) is 15.4 Å². The van der Waals surface area contributed by atoms with Crippen LogP contribution in [0.15, 0.2) is 18.5 Å². The van der Waals surface area contributed by atoms with Gasteiger partial charge in [-0.3, -0.25) is 4.98 Å². The van der Waals surface area contributed by atoms with Gasteiger partial charge in [0.25, 0.3) is 0 Å². The fraction of sp³-hybridized carbons (Fsp3) is 0.643. The predicted octanol–water partition coefficient (Wildman–Crippen LogP) is 2.70. The fourth-order valence-corrected chi connectivity index (χ4v) is 2.03. The van der Waals surface area contributed by atoms with Crippen LogP contribution < -0.4 is 4.90 Å². The van der Waals surface area contributed by atoms with Crippen LogP contribution in [0.25, 0.3) is 0 Å². The molecule has 0 aliphatic carbocycles. The van der Waals surface area contributed by atoms with Gasteiger partial charge >= 0.3 is 0 Å². The highest BCUT2D eigenvalue weighted by Gasteiger charge is 2.10. The Balaban J connectivity index is 2.69. The molecule has 4 nitrogen and oxygen atoms in total. The number of anilines is 1. The largest absolute Gasteiger partial charge is 0.380 e. The van der Waals surface area contributed by atoms with E-state index in [4.69, 9.17) is 21.1 Å². The van der Waals surface area contributed by atoms with Gasteiger partial charge in [0.1, 0.15) is 0 Å². The van der Waals surface area contributed by atoms with Crippen LogP contribution in [0.4, 0.5) is 5.69 Å². The molecule has 1 aromatic rings. The van der Waals surface area contributed by atoms with Crippen LogP contribution in [0.2, 0.25) is 0 Å². The first-order valence-electron chi connectivity index (χ1n) is 6.72. The Bertz CT molecular complexity index is 340. The van der Waals surface area contributed by atoms with E-state index in [0.29, 0.717) is 19.1 Å². The highest BCUT2D eigenvalue weighted by molar-refractivity contribution is 6.17. The van der Waals surface area contributed by atoms with Crippen molar-refractivity contribution in [2.24, 2.45) is 0 Å². The monoisotopic (exact) mass is 286 g/mol. The summed E-state index contributed by atoms with van der Waals surface area (Å²) in [6, 6.07) is 2.00. The highest BCUT2D eigenvalue weighted by atomic mass is 35.5. The Kier molecular flexibility index (Phi) is 8.54. The van der Waals surface area contributed by atoms with Gasteiger partial charge in [0, 0.05) is 49.9 Å². The molecule has 1 heterocycles. The van der Waals surface area contributed by atoms with Gasteiger partial charge in [-0.25, -0.2) is 0 Å². The highest BCUT2D eigenvalue weighted by Crippen LogP contribution is 2.20. The van der Waals surface area contributed by atoms with Gasteiger partial charge in [0.2, 0.25) is 0 Å². The topological polar surface area (TPSA) is 34.6 Å². The first-order valence-corrected chi connectivity index (χ1v) is 7.26. The van der Waals surface area contributed by atoms with Gasteiger partial charge in [0.15, 0.2) is 0 Å². The van der Waals surface area contributed by atoms with Gasteiger partial charge in [-0.15, -0.1) is 11.6 Å². The molecular weight excluding hydrogens is 264 g/mol. The Morgan fingerprint density at radius 1 is 1.16 bits per heavy atom. The molecule has 0 unspecified atom stereocenters. The molecule has 0 saturated carbocycles. The van der Waals surface area contributed by atoms with E-state index >= 15 is 0 Å². The molecular formula is C14H23ClN2O2. The summed E-state index contributed by atoms with van der Waals surface area (Å²) < 4.78 is 10.9. The molecule has 0 fully saturated rings.